The number of benzene rings is 1. The van der Waals surface area contributed by atoms with Crippen LogP contribution in [0.5, 0.6) is 0 Å². The molecule has 1 amide bonds. The number of rotatable bonds is 7. The Hall–Kier alpha value is -3.13. The van der Waals surface area contributed by atoms with Crippen molar-refractivity contribution < 1.29 is 4.79 Å². The van der Waals surface area contributed by atoms with Crippen molar-refractivity contribution >= 4 is 35.0 Å². The number of carbonyl (C=O) groups is 1. The lowest BCUT2D eigenvalue weighted by Gasteiger charge is -2.20. The van der Waals surface area contributed by atoms with E-state index in [9.17, 15) is 4.79 Å². The molecule has 0 spiro atoms. The summed E-state index contributed by atoms with van der Waals surface area (Å²) < 4.78 is 1.66. The Morgan fingerprint density at radius 1 is 1.26 bits per heavy atom. The summed E-state index contributed by atoms with van der Waals surface area (Å²) in [4.78, 5) is 21.1. The third kappa shape index (κ3) is 4.73. The van der Waals surface area contributed by atoms with Gasteiger partial charge in [-0.25, -0.2) is 4.98 Å². The molecule has 0 aliphatic carbocycles. The molecule has 0 saturated carbocycles. The molecule has 3 N–H and O–H groups in total. The van der Waals surface area contributed by atoms with Gasteiger partial charge >= 0.3 is 0 Å². The first-order valence-electron chi connectivity index (χ1n) is 8.44. The molecule has 2 aromatic heterocycles. The topological polar surface area (TPSA) is 96.8 Å². The molecule has 1 aromatic carbocycles. The largest absolute Gasteiger partial charge is 0.354 e. The van der Waals surface area contributed by atoms with Gasteiger partial charge in [0.25, 0.3) is 0 Å². The number of likely N-dealkylation sites (N-methyl/N-ethyl adjacent to an activating group) is 1. The van der Waals surface area contributed by atoms with Crippen LogP contribution in [0.1, 0.15) is 18.5 Å². The molecule has 0 saturated heterocycles. The summed E-state index contributed by atoms with van der Waals surface area (Å²) in [6.07, 6.45) is 4.94. The van der Waals surface area contributed by atoms with Crippen molar-refractivity contribution in [2.75, 3.05) is 17.2 Å². The minimum Gasteiger partial charge on any atom is -0.354 e. The predicted octanol–water partition coefficient (Wildman–Crippen LogP) is 2.90. The Balaban J connectivity index is 1.86. The molecular weight excluding hydrogens is 366 g/mol. The van der Waals surface area contributed by atoms with E-state index in [1.807, 2.05) is 44.3 Å². The van der Waals surface area contributed by atoms with E-state index in [4.69, 9.17) is 11.6 Å². The van der Waals surface area contributed by atoms with Crippen molar-refractivity contribution in [1.29, 1.82) is 0 Å². The molecular formula is C18H20ClN7O. The average Bonchev–Trinajstić information content (AvgIpc) is 3.07. The highest BCUT2D eigenvalue weighted by Gasteiger charge is 2.21. The van der Waals surface area contributed by atoms with Crippen LogP contribution in [0.3, 0.4) is 0 Å². The fourth-order valence-electron chi connectivity index (χ4n) is 2.50. The first-order valence-corrected chi connectivity index (χ1v) is 8.82. The highest BCUT2D eigenvalue weighted by Crippen LogP contribution is 2.26. The van der Waals surface area contributed by atoms with Crippen LogP contribution in [-0.2, 0) is 11.8 Å². The maximum absolute atomic E-state index is 12.6. The molecule has 0 aliphatic heterocycles. The normalized spacial score (nSPS) is 11.7. The fourth-order valence-corrected chi connectivity index (χ4v) is 2.65. The predicted molar refractivity (Wildman–Crippen MR) is 105 cm³/mol. The Kier molecular flexibility index (Phi) is 5.87. The molecule has 1 atom stereocenters. The minimum atomic E-state index is -0.634. The zero-order valence-corrected chi connectivity index (χ0v) is 15.7. The van der Waals surface area contributed by atoms with Crippen molar-refractivity contribution in [2.24, 2.45) is 7.05 Å². The van der Waals surface area contributed by atoms with Gasteiger partial charge in [0.2, 0.25) is 11.9 Å². The molecule has 0 radical (unpaired) electrons. The van der Waals surface area contributed by atoms with Crippen molar-refractivity contribution in [2.45, 2.75) is 13.0 Å². The van der Waals surface area contributed by atoms with E-state index in [1.165, 1.54) is 6.20 Å². The summed E-state index contributed by atoms with van der Waals surface area (Å²) in [5.74, 6) is 0.538. The molecule has 27 heavy (non-hydrogen) atoms. The van der Waals surface area contributed by atoms with E-state index in [2.05, 4.69) is 31.0 Å². The van der Waals surface area contributed by atoms with Crippen molar-refractivity contribution in [1.82, 2.24) is 25.1 Å². The van der Waals surface area contributed by atoms with Gasteiger partial charge in [0, 0.05) is 19.8 Å². The van der Waals surface area contributed by atoms with Crippen LogP contribution in [0.2, 0.25) is 5.02 Å². The van der Waals surface area contributed by atoms with Gasteiger partial charge in [-0.05, 0) is 12.5 Å². The second-order valence-corrected chi connectivity index (χ2v) is 6.21. The second-order valence-electron chi connectivity index (χ2n) is 5.80. The van der Waals surface area contributed by atoms with Crippen molar-refractivity contribution in [3.63, 3.8) is 0 Å². The maximum Gasteiger partial charge on any atom is 0.247 e. The van der Waals surface area contributed by atoms with Crippen LogP contribution in [0, 0.1) is 0 Å². The quantitative estimate of drug-likeness (QED) is 0.578. The Morgan fingerprint density at radius 3 is 2.70 bits per heavy atom. The number of halogens is 1. The first-order chi connectivity index (χ1) is 13.1. The van der Waals surface area contributed by atoms with E-state index < -0.39 is 6.04 Å². The smallest absolute Gasteiger partial charge is 0.247 e. The molecule has 9 heteroatoms. The number of nitrogens with zero attached hydrogens (tertiary/aromatic N) is 4. The van der Waals surface area contributed by atoms with Crippen LogP contribution in [0.4, 0.5) is 17.5 Å². The molecule has 0 fully saturated rings. The lowest BCUT2D eigenvalue weighted by atomic mass is 10.1. The van der Waals surface area contributed by atoms with Gasteiger partial charge in [0.05, 0.1) is 18.1 Å². The molecule has 3 aromatic rings. The number of aromatic nitrogens is 4. The number of nitrogens with one attached hydrogen (secondary N) is 3. The van der Waals surface area contributed by atoms with Gasteiger partial charge < -0.3 is 16.0 Å². The van der Waals surface area contributed by atoms with Crippen LogP contribution in [0.15, 0.2) is 48.9 Å². The van der Waals surface area contributed by atoms with Crippen LogP contribution in [-0.4, -0.2) is 32.2 Å². The summed E-state index contributed by atoms with van der Waals surface area (Å²) in [6.45, 7) is 2.39. The number of amides is 1. The number of carbonyl (C=O) groups excluding carboxylic acids is 1. The first kappa shape index (κ1) is 18.7. The summed E-state index contributed by atoms with van der Waals surface area (Å²) in [6, 6.07) is 8.75. The van der Waals surface area contributed by atoms with Crippen LogP contribution < -0.4 is 16.0 Å². The average molecular weight is 386 g/mol. The van der Waals surface area contributed by atoms with Gasteiger partial charge in [-0.1, -0.05) is 41.9 Å². The van der Waals surface area contributed by atoms with E-state index in [1.54, 1.807) is 17.1 Å². The highest BCUT2D eigenvalue weighted by atomic mass is 35.5. The number of aryl methyl sites for hydroxylation is 1. The summed E-state index contributed by atoms with van der Waals surface area (Å²) >= 11 is 6.25. The summed E-state index contributed by atoms with van der Waals surface area (Å²) in [7, 11) is 1.82. The van der Waals surface area contributed by atoms with Gasteiger partial charge in [0.1, 0.15) is 11.1 Å². The van der Waals surface area contributed by atoms with Crippen molar-refractivity contribution in [3.8, 4) is 0 Å². The molecule has 0 unspecified atom stereocenters. The van der Waals surface area contributed by atoms with Crippen LogP contribution >= 0.6 is 11.6 Å². The molecule has 140 valence electrons. The second kappa shape index (κ2) is 8.50. The zero-order chi connectivity index (χ0) is 19.2. The Bertz CT molecular complexity index is 913. The van der Waals surface area contributed by atoms with Gasteiger partial charge in [-0.3, -0.25) is 9.48 Å². The zero-order valence-electron chi connectivity index (χ0n) is 15.0. The van der Waals surface area contributed by atoms with Crippen LogP contribution in [0.25, 0.3) is 0 Å². The molecule has 3 rings (SSSR count). The van der Waals surface area contributed by atoms with Crippen molar-refractivity contribution in [3.05, 3.63) is 59.5 Å². The van der Waals surface area contributed by atoms with E-state index >= 15 is 0 Å². The van der Waals surface area contributed by atoms with E-state index in [0.717, 1.165) is 11.3 Å². The standard InChI is InChI=1S/C18H20ClN7O/c1-3-20-17(27)15(12-7-5-4-6-8-12)24-16-14(19)10-21-18(25-16)23-13-9-22-26(2)11-13/h4-11,15H,3H2,1-2H3,(H,20,27)(H2,21,23,24,25)/t15-/m0/s1. The monoisotopic (exact) mass is 385 g/mol. The molecule has 0 aliphatic rings. The highest BCUT2D eigenvalue weighted by molar-refractivity contribution is 6.32. The van der Waals surface area contributed by atoms with Gasteiger partial charge in [0.15, 0.2) is 5.82 Å². The number of hydrogen-bond acceptors (Lipinski definition) is 6. The number of hydrogen-bond donors (Lipinski definition) is 3. The lowest BCUT2D eigenvalue weighted by Crippen LogP contribution is -2.33. The maximum atomic E-state index is 12.6. The lowest BCUT2D eigenvalue weighted by molar-refractivity contribution is -0.121. The van der Waals surface area contributed by atoms with E-state index in [0.29, 0.717) is 23.3 Å². The summed E-state index contributed by atoms with van der Waals surface area (Å²) in [5.41, 5.74) is 1.55. The molecule has 0 bridgehead atoms. The molecule has 8 nitrogen and oxygen atoms in total. The number of anilines is 3. The van der Waals surface area contributed by atoms with Gasteiger partial charge in [-0.2, -0.15) is 10.1 Å². The molecule has 2 heterocycles. The van der Waals surface area contributed by atoms with E-state index in [-0.39, 0.29) is 5.91 Å². The SMILES string of the molecule is CCNC(=O)[C@@H](Nc1nc(Nc2cnn(C)c2)ncc1Cl)c1ccccc1. The Morgan fingerprint density at radius 2 is 2.04 bits per heavy atom. The minimum absolute atomic E-state index is 0.167. The Labute approximate surface area is 162 Å². The third-order valence-electron chi connectivity index (χ3n) is 3.73. The van der Waals surface area contributed by atoms with Gasteiger partial charge in [-0.15, -0.1) is 0 Å². The third-order valence-corrected chi connectivity index (χ3v) is 4.01. The summed E-state index contributed by atoms with van der Waals surface area (Å²) in [5, 5.41) is 13.4. The fraction of sp³-hybridized carbons (Fsp3) is 0.222.